The van der Waals surface area contributed by atoms with Crippen molar-refractivity contribution < 1.29 is 13.2 Å². The lowest BCUT2D eigenvalue weighted by molar-refractivity contribution is 0.251. The average molecular weight is 317 g/mol. The molecule has 1 aromatic heterocycles. The van der Waals surface area contributed by atoms with Gasteiger partial charge in [-0.2, -0.15) is 5.10 Å². The lowest BCUT2D eigenvalue weighted by Gasteiger charge is -2.17. The molecule has 0 aromatic carbocycles. The van der Waals surface area contributed by atoms with E-state index in [0.717, 1.165) is 5.69 Å². The van der Waals surface area contributed by atoms with Gasteiger partial charge in [0.1, 0.15) is 5.82 Å². The number of nitrogens with zero attached hydrogens (tertiary/aromatic N) is 3. The Balaban J connectivity index is 2.33. The third kappa shape index (κ3) is 5.72. The van der Waals surface area contributed by atoms with Crippen molar-refractivity contribution in [2.75, 3.05) is 31.2 Å². The second-order valence-electron chi connectivity index (χ2n) is 4.78. The van der Waals surface area contributed by atoms with Crippen LogP contribution in [0.15, 0.2) is 6.07 Å². The summed E-state index contributed by atoms with van der Waals surface area (Å²) in [4.78, 5) is 11.7. The molecule has 2 N–H and O–H groups in total. The fourth-order valence-corrected chi connectivity index (χ4v) is 2.83. The Kier molecular flexibility index (Phi) is 6.16. The van der Waals surface area contributed by atoms with Gasteiger partial charge >= 0.3 is 6.03 Å². The van der Waals surface area contributed by atoms with Crippen LogP contribution < -0.4 is 10.6 Å². The van der Waals surface area contributed by atoms with Crippen LogP contribution >= 0.6 is 0 Å². The zero-order chi connectivity index (χ0) is 16.0. The normalized spacial score (nSPS) is 11.7. The Morgan fingerprint density at radius 1 is 1.48 bits per heavy atom. The third-order valence-corrected chi connectivity index (χ3v) is 4.31. The highest BCUT2D eigenvalue weighted by atomic mass is 32.2. The lowest BCUT2D eigenvalue weighted by Crippen LogP contribution is -2.35. The molecule has 0 saturated heterocycles. The van der Waals surface area contributed by atoms with Crippen LogP contribution in [-0.2, 0) is 17.1 Å². The number of hydrogen-bond donors (Lipinski definition) is 2. The molecule has 2 amide bonds. The molecule has 0 aliphatic carbocycles. The van der Waals surface area contributed by atoms with Crippen LogP contribution in [0.25, 0.3) is 0 Å². The fraction of sp³-hybridized carbons (Fsp3) is 0.667. The molecule has 120 valence electrons. The highest BCUT2D eigenvalue weighted by molar-refractivity contribution is 7.88. The van der Waals surface area contributed by atoms with E-state index in [2.05, 4.69) is 15.7 Å². The summed E-state index contributed by atoms with van der Waals surface area (Å²) in [5, 5.41) is 9.49. The van der Waals surface area contributed by atoms with Gasteiger partial charge in [-0.1, -0.05) is 6.92 Å². The van der Waals surface area contributed by atoms with Gasteiger partial charge in [0.15, 0.2) is 0 Å². The first-order chi connectivity index (χ1) is 9.74. The van der Waals surface area contributed by atoms with Crippen molar-refractivity contribution in [1.29, 1.82) is 0 Å². The Hall–Kier alpha value is -1.61. The van der Waals surface area contributed by atoms with Gasteiger partial charge in [0.25, 0.3) is 0 Å². The summed E-state index contributed by atoms with van der Waals surface area (Å²) in [7, 11) is -1.43. The maximum atomic E-state index is 11.7. The summed E-state index contributed by atoms with van der Waals surface area (Å²) in [6.07, 6.45) is 1.74. The zero-order valence-corrected chi connectivity index (χ0v) is 13.7. The number of urea groups is 1. The standard InChI is InChI=1S/C12H23N5O3S/c1-5-17(21(4,19)20)8-6-7-13-12(18)14-11-9-10(2)15-16(11)3/h9H,5-8H2,1-4H3,(H2,13,14,18). The molecule has 8 nitrogen and oxygen atoms in total. The van der Waals surface area contributed by atoms with Gasteiger partial charge < -0.3 is 5.32 Å². The summed E-state index contributed by atoms with van der Waals surface area (Å²) < 4.78 is 25.7. The van der Waals surface area contributed by atoms with Crippen LogP contribution in [0.5, 0.6) is 0 Å². The molecule has 0 fully saturated rings. The van der Waals surface area contributed by atoms with E-state index < -0.39 is 10.0 Å². The summed E-state index contributed by atoms with van der Waals surface area (Å²) in [6.45, 7) is 4.84. The quantitative estimate of drug-likeness (QED) is 0.717. The molecule has 0 spiro atoms. The molecule has 0 aliphatic heterocycles. The van der Waals surface area contributed by atoms with Crippen LogP contribution in [0.3, 0.4) is 0 Å². The van der Waals surface area contributed by atoms with Gasteiger partial charge in [0.05, 0.1) is 11.9 Å². The summed E-state index contributed by atoms with van der Waals surface area (Å²) >= 11 is 0. The van der Waals surface area contributed by atoms with Crippen LogP contribution in [-0.4, -0.2) is 54.4 Å². The van der Waals surface area contributed by atoms with E-state index in [4.69, 9.17) is 0 Å². The van der Waals surface area contributed by atoms with E-state index in [1.807, 2.05) is 6.92 Å². The van der Waals surface area contributed by atoms with Gasteiger partial charge in [-0.05, 0) is 13.3 Å². The van der Waals surface area contributed by atoms with Crippen molar-refractivity contribution in [3.05, 3.63) is 11.8 Å². The summed E-state index contributed by atoms with van der Waals surface area (Å²) in [6, 6.07) is 1.43. The molecule has 1 rings (SSSR count). The largest absolute Gasteiger partial charge is 0.338 e. The molecular formula is C12H23N5O3S. The summed E-state index contributed by atoms with van der Waals surface area (Å²) in [5.41, 5.74) is 0.819. The van der Waals surface area contributed by atoms with E-state index in [0.29, 0.717) is 31.9 Å². The predicted molar refractivity (Wildman–Crippen MR) is 81.7 cm³/mol. The molecular weight excluding hydrogens is 294 g/mol. The molecule has 9 heteroatoms. The highest BCUT2D eigenvalue weighted by Gasteiger charge is 2.13. The number of carbonyl (C=O) groups is 1. The topological polar surface area (TPSA) is 96.3 Å². The van der Waals surface area contributed by atoms with Crippen LogP contribution in [0.2, 0.25) is 0 Å². The molecule has 1 heterocycles. The van der Waals surface area contributed by atoms with Gasteiger partial charge in [-0.25, -0.2) is 17.5 Å². The monoisotopic (exact) mass is 317 g/mol. The van der Waals surface area contributed by atoms with E-state index in [1.54, 1.807) is 24.7 Å². The van der Waals surface area contributed by atoms with Gasteiger partial charge in [-0.15, -0.1) is 0 Å². The first kappa shape index (κ1) is 17.4. The average Bonchev–Trinajstić information content (AvgIpc) is 2.66. The Bertz CT molecular complexity index is 582. The third-order valence-electron chi connectivity index (χ3n) is 2.94. The highest BCUT2D eigenvalue weighted by Crippen LogP contribution is 2.07. The number of aryl methyl sites for hydroxylation is 2. The first-order valence-electron chi connectivity index (χ1n) is 6.74. The molecule has 0 atom stereocenters. The number of hydrogen-bond acceptors (Lipinski definition) is 4. The maximum absolute atomic E-state index is 11.7. The second-order valence-corrected chi connectivity index (χ2v) is 6.77. The van der Waals surface area contributed by atoms with Crippen LogP contribution in [0, 0.1) is 6.92 Å². The minimum atomic E-state index is -3.17. The van der Waals surface area contributed by atoms with Crippen molar-refractivity contribution in [2.45, 2.75) is 20.3 Å². The number of anilines is 1. The second kappa shape index (κ2) is 7.41. The van der Waals surface area contributed by atoms with Gasteiger partial charge in [0, 0.05) is 32.7 Å². The van der Waals surface area contributed by atoms with E-state index >= 15 is 0 Å². The van der Waals surface area contributed by atoms with Crippen LogP contribution in [0.1, 0.15) is 19.0 Å². The lowest BCUT2D eigenvalue weighted by atomic mass is 10.4. The van der Waals surface area contributed by atoms with Gasteiger partial charge in [0.2, 0.25) is 10.0 Å². The van der Waals surface area contributed by atoms with Gasteiger partial charge in [-0.3, -0.25) is 10.00 Å². The van der Waals surface area contributed by atoms with E-state index in [9.17, 15) is 13.2 Å². The fourth-order valence-electron chi connectivity index (χ4n) is 1.90. The Labute approximate surface area is 125 Å². The predicted octanol–water partition coefficient (Wildman–Crippen LogP) is 0.522. The molecule has 0 saturated carbocycles. The van der Waals surface area contributed by atoms with Crippen LogP contribution in [0.4, 0.5) is 10.6 Å². The van der Waals surface area contributed by atoms with E-state index in [1.165, 1.54) is 10.6 Å². The minimum Gasteiger partial charge on any atom is -0.338 e. The smallest absolute Gasteiger partial charge is 0.320 e. The molecule has 0 bridgehead atoms. The zero-order valence-electron chi connectivity index (χ0n) is 12.9. The number of carbonyl (C=O) groups excluding carboxylic acids is 1. The SMILES string of the molecule is CCN(CCCNC(=O)Nc1cc(C)nn1C)S(C)(=O)=O. The van der Waals surface area contributed by atoms with Crippen molar-refractivity contribution >= 4 is 21.9 Å². The molecule has 0 radical (unpaired) electrons. The first-order valence-corrected chi connectivity index (χ1v) is 8.59. The van der Waals surface area contributed by atoms with Crippen molar-refractivity contribution in [3.8, 4) is 0 Å². The number of sulfonamides is 1. The molecule has 0 aliphatic rings. The van der Waals surface area contributed by atoms with Crippen molar-refractivity contribution in [2.24, 2.45) is 7.05 Å². The number of nitrogens with one attached hydrogen (secondary N) is 2. The minimum absolute atomic E-state index is 0.333. The number of rotatable bonds is 7. The molecule has 1 aromatic rings. The summed E-state index contributed by atoms with van der Waals surface area (Å²) in [5.74, 6) is 0.608. The maximum Gasteiger partial charge on any atom is 0.320 e. The number of aromatic nitrogens is 2. The molecule has 21 heavy (non-hydrogen) atoms. The Morgan fingerprint density at radius 2 is 2.14 bits per heavy atom. The Morgan fingerprint density at radius 3 is 2.62 bits per heavy atom. The van der Waals surface area contributed by atoms with Crippen molar-refractivity contribution in [3.63, 3.8) is 0 Å². The van der Waals surface area contributed by atoms with E-state index in [-0.39, 0.29) is 6.03 Å². The van der Waals surface area contributed by atoms with Crippen molar-refractivity contribution in [1.82, 2.24) is 19.4 Å². The molecule has 0 unspecified atom stereocenters. The number of amides is 2.